The van der Waals surface area contributed by atoms with Crippen LogP contribution in [0.3, 0.4) is 0 Å². The molecule has 0 aromatic carbocycles. The summed E-state index contributed by atoms with van der Waals surface area (Å²) in [7, 11) is 0.159. The van der Waals surface area contributed by atoms with E-state index in [1.165, 1.54) is 0 Å². The molecule has 0 bridgehead atoms. The monoisotopic (exact) mass is 94.0 g/mol. The summed E-state index contributed by atoms with van der Waals surface area (Å²) in [5, 5.41) is 15.6. The van der Waals surface area contributed by atoms with E-state index in [1.807, 2.05) is 11.8 Å². The van der Waals surface area contributed by atoms with Crippen LogP contribution in [0.5, 0.6) is 0 Å². The molecular formula is C3H2N2Si. The smallest absolute Gasteiger partial charge is 0.202 e. The zero-order valence-corrected chi connectivity index (χ0v) is 4.10. The predicted molar refractivity (Wildman–Crippen MR) is 21.8 cm³/mol. The molecular weight excluding hydrogens is 92.1 g/mol. The van der Waals surface area contributed by atoms with E-state index in [4.69, 9.17) is 10.5 Å². The lowest BCUT2D eigenvalue weighted by atomic mass is 10.9. The van der Waals surface area contributed by atoms with Crippen LogP contribution in [-0.2, 0) is 0 Å². The Balaban J connectivity index is 2.78. The second kappa shape index (κ2) is 4.20. The number of nitrogens with zero attached hydrogens (tertiary/aromatic N) is 2. The summed E-state index contributed by atoms with van der Waals surface area (Å²) in [5.74, 6) is 0. The lowest BCUT2D eigenvalue weighted by Crippen LogP contribution is -1.76. The molecule has 6 heavy (non-hydrogen) atoms. The normalized spacial score (nSPS) is 5.67. The Morgan fingerprint density at radius 2 is 2.17 bits per heavy atom. The molecule has 0 saturated carbocycles. The van der Waals surface area contributed by atoms with Gasteiger partial charge in [-0.05, 0) is 0 Å². The van der Waals surface area contributed by atoms with Gasteiger partial charge in [-0.2, -0.15) is 5.26 Å². The summed E-state index contributed by atoms with van der Waals surface area (Å²) in [4.78, 5) is 0. The number of nitriles is 2. The van der Waals surface area contributed by atoms with Gasteiger partial charge in [0.25, 0.3) is 0 Å². The van der Waals surface area contributed by atoms with Crippen LogP contribution in [0.15, 0.2) is 0 Å². The Morgan fingerprint density at radius 1 is 1.50 bits per heavy atom. The van der Waals surface area contributed by atoms with Crippen molar-refractivity contribution in [1.82, 2.24) is 0 Å². The summed E-state index contributed by atoms with van der Waals surface area (Å²) < 4.78 is 0. The largest absolute Gasteiger partial charge is 0.207 e. The molecule has 0 aromatic rings. The highest BCUT2D eigenvalue weighted by atomic mass is 28.2. The zero-order chi connectivity index (χ0) is 4.83. The van der Waals surface area contributed by atoms with Crippen molar-refractivity contribution in [3.63, 3.8) is 0 Å². The number of hydrogen-bond donors (Lipinski definition) is 0. The van der Waals surface area contributed by atoms with E-state index in [9.17, 15) is 0 Å². The maximum Gasteiger partial charge on any atom is 0.202 e. The fraction of sp³-hybridized carbons (Fsp3) is 0.333. The van der Waals surface area contributed by atoms with E-state index < -0.39 is 0 Å². The Kier molecular flexibility index (Phi) is 3.64. The third kappa shape index (κ3) is 3.20. The second-order valence-corrected chi connectivity index (χ2v) is 1.55. The van der Waals surface area contributed by atoms with Crippen LogP contribution in [0.4, 0.5) is 0 Å². The van der Waals surface area contributed by atoms with E-state index in [2.05, 4.69) is 0 Å². The highest BCUT2D eigenvalue weighted by molar-refractivity contribution is 6.45. The second-order valence-electron chi connectivity index (χ2n) is 0.623. The van der Waals surface area contributed by atoms with Crippen molar-refractivity contribution in [1.29, 1.82) is 10.5 Å². The maximum atomic E-state index is 7.81. The molecule has 0 aliphatic heterocycles. The van der Waals surface area contributed by atoms with Crippen LogP contribution in [0, 0.1) is 22.3 Å². The van der Waals surface area contributed by atoms with Crippen LogP contribution >= 0.6 is 0 Å². The number of rotatable bonds is 1. The molecule has 0 amide bonds. The quantitative estimate of drug-likeness (QED) is 0.342. The molecule has 2 nitrogen and oxygen atoms in total. The van der Waals surface area contributed by atoms with Gasteiger partial charge in [-0.3, -0.25) is 0 Å². The topological polar surface area (TPSA) is 47.6 Å². The van der Waals surface area contributed by atoms with Gasteiger partial charge in [0.2, 0.25) is 9.52 Å². The molecule has 0 saturated heterocycles. The van der Waals surface area contributed by atoms with Crippen LogP contribution in [0.2, 0.25) is 6.04 Å². The number of hydrogen-bond acceptors (Lipinski definition) is 2. The van der Waals surface area contributed by atoms with Gasteiger partial charge in [-0.15, -0.1) is 0 Å². The Morgan fingerprint density at radius 3 is 2.33 bits per heavy atom. The SMILES string of the molecule is N#CC[Si]C#N. The van der Waals surface area contributed by atoms with Crippen molar-refractivity contribution in [2.24, 2.45) is 0 Å². The first-order valence-electron chi connectivity index (χ1n) is 1.40. The van der Waals surface area contributed by atoms with Crippen molar-refractivity contribution in [3.05, 3.63) is 0 Å². The van der Waals surface area contributed by atoms with E-state index in [0.717, 1.165) is 0 Å². The summed E-state index contributed by atoms with van der Waals surface area (Å²) in [6, 6.07) is 2.24. The molecule has 0 atom stereocenters. The van der Waals surface area contributed by atoms with Crippen molar-refractivity contribution in [2.45, 2.75) is 6.04 Å². The highest BCUT2D eigenvalue weighted by Crippen LogP contribution is 1.65. The first-order chi connectivity index (χ1) is 2.91. The highest BCUT2D eigenvalue weighted by Gasteiger charge is 1.77. The minimum atomic E-state index is 0.159. The average Bonchev–Trinajstić information content (AvgIpc) is 1.61. The average molecular weight is 94.1 g/mol. The van der Waals surface area contributed by atoms with E-state index in [1.54, 1.807) is 0 Å². The molecule has 0 heterocycles. The summed E-state index contributed by atoms with van der Waals surface area (Å²) in [6.07, 6.45) is 0. The van der Waals surface area contributed by atoms with Gasteiger partial charge in [0, 0.05) is 11.7 Å². The zero-order valence-electron chi connectivity index (χ0n) is 3.10. The molecule has 0 spiro atoms. The molecule has 0 fully saturated rings. The Bertz CT molecular complexity index is 82.3. The van der Waals surface area contributed by atoms with Crippen molar-refractivity contribution in [2.75, 3.05) is 0 Å². The van der Waals surface area contributed by atoms with Gasteiger partial charge in [0.05, 0.1) is 6.07 Å². The summed E-state index contributed by atoms with van der Waals surface area (Å²) >= 11 is 0. The van der Waals surface area contributed by atoms with Crippen LogP contribution < -0.4 is 0 Å². The van der Waals surface area contributed by atoms with Crippen molar-refractivity contribution >= 4 is 9.52 Å². The first-order valence-corrected chi connectivity index (χ1v) is 2.61. The van der Waals surface area contributed by atoms with Crippen LogP contribution in [0.25, 0.3) is 0 Å². The van der Waals surface area contributed by atoms with E-state index in [-0.39, 0.29) is 9.52 Å². The fourth-order valence-corrected chi connectivity index (χ4v) is 0.237. The van der Waals surface area contributed by atoms with Crippen molar-refractivity contribution < 1.29 is 0 Å². The molecule has 0 aromatic heterocycles. The predicted octanol–water partition coefficient (Wildman–Crippen LogP) is 0.114. The van der Waals surface area contributed by atoms with Gasteiger partial charge in [0.15, 0.2) is 0 Å². The third-order valence-electron chi connectivity index (χ3n) is 0.247. The first kappa shape index (κ1) is 5.20. The minimum absolute atomic E-state index is 0.159. The van der Waals surface area contributed by atoms with Crippen LogP contribution in [0.1, 0.15) is 0 Å². The summed E-state index contributed by atoms with van der Waals surface area (Å²) in [5.41, 5.74) is 1.87. The molecule has 0 rings (SSSR count). The lowest BCUT2D eigenvalue weighted by Gasteiger charge is -1.60. The van der Waals surface area contributed by atoms with Gasteiger partial charge >= 0.3 is 0 Å². The van der Waals surface area contributed by atoms with Gasteiger partial charge in [0.1, 0.15) is 0 Å². The van der Waals surface area contributed by atoms with Crippen molar-refractivity contribution in [3.8, 4) is 11.8 Å². The van der Waals surface area contributed by atoms with Gasteiger partial charge < -0.3 is 0 Å². The third-order valence-corrected chi connectivity index (χ3v) is 0.740. The molecule has 0 aliphatic rings. The minimum Gasteiger partial charge on any atom is -0.207 e. The molecule has 2 radical (unpaired) electrons. The van der Waals surface area contributed by atoms with Gasteiger partial charge in [-0.25, -0.2) is 5.26 Å². The van der Waals surface area contributed by atoms with E-state index in [0.29, 0.717) is 6.04 Å². The molecule has 28 valence electrons. The maximum absolute atomic E-state index is 7.81. The fourth-order valence-electron chi connectivity index (χ4n) is 0.0791. The Labute approximate surface area is 38.8 Å². The van der Waals surface area contributed by atoms with Gasteiger partial charge in [-0.1, -0.05) is 0 Å². The molecule has 0 unspecified atom stereocenters. The standard InChI is InChI=1S/C3H2N2Si/c4-1-2-6-3-5/h2H2. The van der Waals surface area contributed by atoms with E-state index >= 15 is 0 Å². The molecule has 0 aliphatic carbocycles. The molecule has 3 heteroatoms. The Hall–Kier alpha value is -0.803. The molecule has 0 N–H and O–H groups in total. The summed E-state index contributed by atoms with van der Waals surface area (Å²) in [6.45, 7) is 0. The van der Waals surface area contributed by atoms with Crippen LogP contribution in [-0.4, -0.2) is 9.52 Å². The lowest BCUT2D eigenvalue weighted by molar-refractivity contribution is 1.47.